The fourth-order valence-corrected chi connectivity index (χ4v) is 2.69. The quantitative estimate of drug-likeness (QED) is 0.742. The van der Waals surface area contributed by atoms with E-state index in [4.69, 9.17) is 21.1 Å². The van der Waals surface area contributed by atoms with Gasteiger partial charge in [-0.15, -0.1) is 0 Å². The molecule has 1 fully saturated rings. The SMILES string of the molecule is O=C(COC(=O)[C@H]1CCC(=O)N1)Nc1cc(Cl)ccc1Oc1ccccc1. The Morgan fingerprint density at radius 1 is 1.19 bits per heavy atom. The molecule has 0 saturated carbocycles. The van der Waals surface area contributed by atoms with E-state index in [9.17, 15) is 14.4 Å². The number of rotatable bonds is 6. The molecule has 1 atom stereocenters. The van der Waals surface area contributed by atoms with Crippen LogP contribution in [0.5, 0.6) is 11.5 Å². The number of amides is 2. The Labute approximate surface area is 160 Å². The summed E-state index contributed by atoms with van der Waals surface area (Å²) in [6.07, 6.45) is 0.636. The second kappa shape index (κ2) is 8.55. The van der Waals surface area contributed by atoms with Gasteiger partial charge in [0.2, 0.25) is 5.91 Å². The van der Waals surface area contributed by atoms with Crippen LogP contribution >= 0.6 is 11.6 Å². The third kappa shape index (κ3) is 5.21. The molecule has 0 unspecified atom stereocenters. The summed E-state index contributed by atoms with van der Waals surface area (Å²) in [5.41, 5.74) is 0.349. The second-order valence-electron chi connectivity index (χ2n) is 5.87. The zero-order valence-electron chi connectivity index (χ0n) is 14.2. The molecule has 2 amide bonds. The van der Waals surface area contributed by atoms with Crippen LogP contribution < -0.4 is 15.4 Å². The van der Waals surface area contributed by atoms with Crippen molar-refractivity contribution in [2.24, 2.45) is 0 Å². The molecule has 1 saturated heterocycles. The molecule has 0 aliphatic carbocycles. The van der Waals surface area contributed by atoms with Gasteiger partial charge in [0, 0.05) is 11.4 Å². The highest BCUT2D eigenvalue weighted by Crippen LogP contribution is 2.32. The Balaban J connectivity index is 1.60. The molecule has 1 aliphatic rings. The zero-order valence-corrected chi connectivity index (χ0v) is 15.0. The van der Waals surface area contributed by atoms with Gasteiger partial charge in [0.25, 0.3) is 5.91 Å². The van der Waals surface area contributed by atoms with Crippen molar-refractivity contribution in [1.82, 2.24) is 5.32 Å². The van der Waals surface area contributed by atoms with Crippen LogP contribution in [0.25, 0.3) is 0 Å². The summed E-state index contributed by atoms with van der Waals surface area (Å²) in [4.78, 5) is 35.1. The van der Waals surface area contributed by atoms with E-state index >= 15 is 0 Å². The van der Waals surface area contributed by atoms with E-state index in [-0.39, 0.29) is 12.3 Å². The van der Waals surface area contributed by atoms with Gasteiger partial charge in [-0.25, -0.2) is 4.79 Å². The molecule has 2 aromatic rings. The molecule has 1 heterocycles. The summed E-state index contributed by atoms with van der Waals surface area (Å²) in [7, 11) is 0. The van der Waals surface area contributed by atoms with Crippen LogP contribution in [0.15, 0.2) is 48.5 Å². The van der Waals surface area contributed by atoms with Gasteiger partial charge >= 0.3 is 5.97 Å². The third-order valence-electron chi connectivity index (χ3n) is 3.81. The number of hydrogen-bond donors (Lipinski definition) is 2. The summed E-state index contributed by atoms with van der Waals surface area (Å²) in [5, 5.41) is 5.52. The maximum Gasteiger partial charge on any atom is 0.329 e. The Bertz CT molecular complexity index is 856. The van der Waals surface area contributed by atoms with Crippen molar-refractivity contribution in [3.8, 4) is 11.5 Å². The molecule has 140 valence electrons. The Kier molecular flexibility index (Phi) is 5.93. The van der Waals surface area contributed by atoms with Crippen molar-refractivity contribution >= 4 is 35.1 Å². The number of para-hydroxylation sites is 1. The van der Waals surface area contributed by atoms with Crippen LogP contribution in [-0.2, 0) is 19.1 Å². The highest BCUT2D eigenvalue weighted by Gasteiger charge is 2.28. The fraction of sp³-hybridized carbons (Fsp3) is 0.211. The molecule has 0 aromatic heterocycles. The van der Waals surface area contributed by atoms with Crippen molar-refractivity contribution in [3.63, 3.8) is 0 Å². The molecule has 0 spiro atoms. The van der Waals surface area contributed by atoms with Crippen molar-refractivity contribution in [3.05, 3.63) is 53.6 Å². The number of esters is 1. The number of halogens is 1. The van der Waals surface area contributed by atoms with Gasteiger partial charge in [-0.3, -0.25) is 9.59 Å². The highest BCUT2D eigenvalue weighted by molar-refractivity contribution is 6.31. The number of carbonyl (C=O) groups is 3. The summed E-state index contributed by atoms with van der Waals surface area (Å²) < 4.78 is 10.7. The summed E-state index contributed by atoms with van der Waals surface area (Å²) in [5.74, 6) is -0.397. The average molecular weight is 389 g/mol. The van der Waals surface area contributed by atoms with Crippen LogP contribution in [0.2, 0.25) is 5.02 Å². The standard InChI is InChI=1S/C19H17ClN2O5/c20-12-6-8-16(27-13-4-2-1-3-5-13)15(10-12)22-18(24)11-26-19(25)14-7-9-17(23)21-14/h1-6,8,10,14H,7,9,11H2,(H,21,23)(H,22,24)/t14-/m1/s1. The van der Waals surface area contributed by atoms with Crippen LogP contribution in [0.3, 0.4) is 0 Å². The lowest BCUT2D eigenvalue weighted by molar-refractivity contribution is -0.149. The van der Waals surface area contributed by atoms with Crippen LogP contribution in [0.1, 0.15) is 12.8 Å². The van der Waals surface area contributed by atoms with Gasteiger partial charge in [-0.2, -0.15) is 0 Å². The molecule has 7 nitrogen and oxygen atoms in total. The number of benzene rings is 2. The molecule has 1 aliphatic heterocycles. The Morgan fingerprint density at radius 3 is 2.67 bits per heavy atom. The van der Waals surface area contributed by atoms with Crippen molar-refractivity contribution in [2.45, 2.75) is 18.9 Å². The Hall–Kier alpha value is -3.06. The van der Waals surface area contributed by atoms with Gasteiger partial charge in [0.15, 0.2) is 12.4 Å². The minimum Gasteiger partial charge on any atom is -0.455 e. The van der Waals surface area contributed by atoms with Crippen LogP contribution in [-0.4, -0.2) is 30.4 Å². The number of carbonyl (C=O) groups excluding carboxylic acids is 3. The monoisotopic (exact) mass is 388 g/mol. The molecular formula is C19H17ClN2O5. The van der Waals surface area contributed by atoms with Gasteiger partial charge < -0.3 is 20.1 Å². The fourth-order valence-electron chi connectivity index (χ4n) is 2.52. The lowest BCUT2D eigenvalue weighted by Crippen LogP contribution is -2.36. The third-order valence-corrected chi connectivity index (χ3v) is 4.05. The molecular weight excluding hydrogens is 372 g/mol. The predicted molar refractivity (Wildman–Crippen MR) is 98.7 cm³/mol. The maximum atomic E-state index is 12.1. The smallest absolute Gasteiger partial charge is 0.329 e. The first-order chi connectivity index (χ1) is 13.0. The lowest BCUT2D eigenvalue weighted by atomic mass is 10.2. The van der Waals surface area contributed by atoms with Gasteiger partial charge in [0.1, 0.15) is 11.8 Å². The first-order valence-electron chi connectivity index (χ1n) is 8.29. The molecule has 0 bridgehead atoms. The summed E-state index contributed by atoms with van der Waals surface area (Å²) in [6, 6.07) is 13.2. The highest BCUT2D eigenvalue weighted by atomic mass is 35.5. The minimum atomic E-state index is -0.701. The van der Waals surface area contributed by atoms with E-state index in [2.05, 4.69) is 10.6 Å². The lowest BCUT2D eigenvalue weighted by Gasteiger charge is -2.14. The number of ether oxygens (including phenoxy) is 2. The molecule has 27 heavy (non-hydrogen) atoms. The first-order valence-corrected chi connectivity index (χ1v) is 8.67. The normalized spacial score (nSPS) is 15.7. The largest absolute Gasteiger partial charge is 0.455 e. The Morgan fingerprint density at radius 2 is 1.96 bits per heavy atom. The molecule has 3 rings (SSSR count). The number of hydrogen-bond acceptors (Lipinski definition) is 5. The topological polar surface area (TPSA) is 93.7 Å². The van der Waals surface area contributed by atoms with E-state index in [1.54, 1.807) is 24.3 Å². The van der Waals surface area contributed by atoms with E-state index in [0.717, 1.165) is 0 Å². The minimum absolute atomic E-state index is 0.206. The summed E-state index contributed by atoms with van der Waals surface area (Å²) in [6.45, 7) is -0.484. The molecule has 8 heteroatoms. The van der Waals surface area contributed by atoms with Crippen molar-refractivity contribution < 1.29 is 23.9 Å². The van der Waals surface area contributed by atoms with Gasteiger partial charge in [-0.05, 0) is 36.8 Å². The molecule has 2 N–H and O–H groups in total. The van der Waals surface area contributed by atoms with Crippen molar-refractivity contribution in [1.29, 1.82) is 0 Å². The zero-order chi connectivity index (χ0) is 19.2. The van der Waals surface area contributed by atoms with E-state index in [1.165, 1.54) is 6.07 Å². The van der Waals surface area contributed by atoms with Gasteiger partial charge in [-0.1, -0.05) is 29.8 Å². The first kappa shape index (κ1) is 18.7. The molecule has 2 aromatic carbocycles. The van der Waals surface area contributed by atoms with E-state index in [1.807, 2.05) is 18.2 Å². The van der Waals surface area contributed by atoms with Gasteiger partial charge in [0.05, 0.1) is 5.69 Å². The second-order valence-corrected chi connectivity index (χ2v) is 6.31. The van der Waals surface area contributed by atoms with Crippen LogP contribution in [0.4, 0.5) is 5.69 Å². The number of nitrogens with one attached hydrogen (secondary N) is 2. The maximum absolute atomic E-state index is 12.1. The molecule has 0 radical (unpaired) electrons. The van der Waals surface area contributed by atoms with Crippen LogP contribution in [0, 0.1) is 0 Å². The van der Waals surface area contributed by atoms with E-state index < -0.39 is 24.5 Å². The van der Waals surface area contributed by atoms with E-state index in [0.29, 0.717) is 28.6 Å². The predicted octanol–water partition coefficient (Wildman–Crippen LogP) is 2.89. The average Bonchev–Trinajstić information content (AvgIpc) is 3.09. The van der Waals surface area contributed by atoms with Crippen molar-refractivity contribution in [2.75, 3.05) is 11.9 Å². The number of anilines is 1. The summed E-state index contributed by atoms with van der Waals surface area (Å²) >= 11 is 6.00.